The maximum absolute atomic E-state index is 13.1. The van der Waals surface area contributed by atoms with Gasteiger partial charge in [0.05, 0.1) is 11.1 Å². The van der Waals surface area contributed by atoms with Gasteiger partial charge in [-0.2, -0.15) is 26.3 Å². The SMILES string of the molecule is O=C(O)C[C@@H]1CCN(Cc2cc(C(F)(F)F)ccc2Cl)[C@H](c2ccc(C(F)(F)F)cc2)C1. The first-order chi connectivity index (χ1) is 14.8. The number of halogens is 7. The molecule has 1 heterocycles. The number of carbonyl (C=O) groups is 1. The van der Waals surface area contributed by atoms with E-state index >= 15 is 0 Å². The summed E-state index contributed by atoms with van der Waals surface area (Å²) in [6.07, 6.45) is -8.27. The molecule has 3 rings (SSSR count). The lowest BCUT2D eigenvalue weighted by Gasteiger charge is -2.40. The minimum Gasteiger partial charge on any atom is -0.481 e. The highest BCUT2D eigenvalue weighted by atomic mass is 35.5. The number of piperidine rings is 1. The molecule has 32 heavy (non-hydrogen) atoms. The summed E-state index contributed by atoms with van der Waals surface area (Å²) in [6.45, 7) is 0.421. The van der Waals surface area contributed by atoms with Crippen molar-refractivity contribution in [3.8, 4) is 0 Å². The fourth-order valence-corrected chi connectivity index (χ4v) is 4.22. The van der Waals surface area contributed by atoms with E-state index in [9.17, 15) is 31.1 Å². The summed E-state index contributed by atoms with van der Waals surface area (Å²) in [5.41, 5.74) is -0.873. The summed E-state index contributed by atoms with van der Waals surface area (Å²) < 4.78 is 78.2. The largest absolute Gasteiger partial charge is 0.481 e. The standard InChI is InChI=1S/C22H20ClF6NO2/c23-18-6-5-17(22(27,28)29)11-15(18)12-30-8-7-13(10-20(31)32)9-19(30)14-1-3-16(4-2-14)21(24,25)26/h1-6,11,13,19H,7-10,12H2,(H,31,32)/t13-,19+/m1/s1. The zero-order valence-corrected chi connectivity index (χ0v) is 17.4. The summed E-state index contributed by atoms with van der Waals surface area (Å²) in [7, 11) is 0. The summed E-state index contributed by atoms with van der Waals surface area (Å²) in [6, 6.07) is 7.13. The molecule has 0 unspecified atom stereocenters. The van der Waals surface area contributed by atoms with Crippen molar-refractivity contribution in [3.63, 3.8) is 0 Å². The molecule has 3 nitrogen and oxygen atoms in total. The first kappa shape index (κ1) is 24.4. The number of alkyl halides is 6. The second-order valence-electron chi connectivity index (χ2n) is 7.90. The van der Waals surface area contributed by atoms with Crippen LogP contribution in [0, 0.1) is 5.92 Å². The summed E-state index contributed by atoms with van der Waals surface area (Å²) in [4.78, 5) is 13.0. The molecular formula is C22H20ClF6NO2. The molecule has 0 amide bonds. The minimum atomic E-state index is -4.54. The quantitative estimate of drug-likeness (QED) is 0.479. The Kier molecular flexibility index (Phi) is 7.09. The number of benzene rings is 2. The van der Waals surface area contributed by atoms with Gasteiger partial charge in [-0.3, -0.25) is 9.69 Å². The number of likely N-dealkylation sites (tertiary alicyclic amines) is 1. The molecule has 0 aliphatic carbocycles. The highest BCUT2D eigenvalue weighted by Crippen LogP contribution is 2.39. The van der Waals surface area contributed by atoms with Crippen LogP contribution in [0.3, 0.4) is 0 Å². The van der Waals surface area contributed by atoms with Crippen LogP contribution in [-0.2, 0) is 23.7 Å². The average molecular weight is 480 g/mol. The van der Waals surface area contributed by atoms with Crippen LogP contribution >= 0.6 is 11.6 Å². The Balaban J connectivity index is 1.90. The zero-order chi connectivity index (χ0) is 23.7. The van der Waals surface area contributed by atoms with Crippen molar-refractivity contribution in [2.24, 2.45) is 5.92 Å². The van der Waals surface area contributed by atoms with Crippen LogP contribution < -0.4 is 0 Å². The fraction of sp³-hybridized carbons (Fsp3) is 0.409. The van der Waals surface area contributed by atoms with E-state index in [1.54, 1.807) is 0 Å². The monoisotopic (exact) mass is 479 g/mol. The Morgan fingerprint density at radius 1 is 1.00 bits per heavy atom. The molecule has 1 aliphatic rings. The van der Waals surface area contributed by atoms with E-state index in [-0.39, 0.29) is 29.5 Å². The lowest BCUT2D eigenvalue weighted by molar-refractivity contribution is -0.139. The number of nitrogens with zero attached hydrogens (tertiary/aromatic N) is 1. The average Bonchev–Trinajstić information content (AvgIpc) is 2.69. The molecule has 1 saturated heterocycles. The molecule has 1 N–H and O–H groups in total. The van der Waals surface area contributed by atoms with E-state index in [1.165, 1.54) is 18.2 Å². The molecule has 1 fully saturated rings. The van der Waals surface area contributed by atoms with Gasteiger partial charge in [-0.15, -0.1) is 0 Å². The maximum Gasteiger partial charge on any atom is 0.416 e. The van der Waals surface area contributed by atoms with E-state index < -0.39 is 35.5 Å². The van der Waals surface area contributed by atoms with Crippen molar-refractivity contribution in [1.82, 2.24) is 4.90 Å². The van der Waals surface area contributed by atoms with Crippen LogP contribution in [0.2, 0.25) is 5.02 Å². The summed E-state index contributed by atoms with van der Waals surface area (Å²) >= 11 is 6.13. The van der Waals surface area contributed by atoms with E-state index in [2.05, 4.69) is 0 Å². The molecule has 0 saturated carbocycles. The maximum atomic E-state index is 13.1. The van der Waals surface area contributed by atoms with Crippen molar-refractivity contribution >= 4 is 17.6 Å². The van der Waals surface area contributed by atoms with Gasteiger partial charge in [0.2, 0.25) is 0 Å². The van der Waals surface area contributed by atoms with E-state index in [4.69, 9.17) is 16.7 Å². The van der Waals surface area contributed by atoms with Crippen LogP contribution in [-0.4, -0.2) is 22.5 Å². The zero-order valence-electron chi connectivity index (χ0n) is 16.7. The third-order valence-electron chi connectivity index (χ3n) is 5.65. The van der Waals surface area contributed by atoms with Crippen LogP contribution in [0.15, 0.2) is 42.5 Å². The van der Waals surface area contributed by atoms with Gasteiger partial charge in [0.1, 0.15) is 0 Å². The second-order valence-corrected chi connectivity index (χ2v) is 8.31. The molecule has 0 spiro atoms. The number of hydrogen-bond donors (Lipinski definition) is 1. The van der Waals surface area contributed by atoms with Gasteiger partial charge in [-0.05, 0) is 66.8 Å². The Morgan fingerprint density at radius 3 is 2.16 bits per heavy atom. The molecular weight excluding hydrogens is 460 g/mol. The van der Waals surface area contributed by atoms with E-state index in [0.717, 1.165) is 24.3 Å². The smallest absolute Gasteiger partial charge is 0.416 e. The minimum absolute atomic E-state index is 0.0498. The van der Waals surface area contributed by atoms with Crippen LogP contribution in [0.1, 0.15) is 47.6 Å². The fourth-order valence-electron chi connectivity index (χ4n) is 4.04. The number of carboxylic acids is 1. The van der Waals surface area contributed by atoms with Gasteiger partial charge in [0.15, 0.2) is 0 Å². The van der Waals surface area contributed by atoms with E-state index in [0.29, 0.717) is 24.9 Å². The Morgan fingerprint density at radius 2 is 1.59 bits per heavy atom. The van der Waals surface area contributed by atoms with Crippen LogP contribution in [0.5, 0.6) is 0 Å². The molecule has 10 heteroatoms. The number of aliphatic carboxylic acids is 1. The molecule has 1 aliphatic heterocycles. The van der Waals surface area contributed by atoms with Gasteiger partial charge in [0, 0.05) is 24.0 Å². The van der Waals surface area contributed by atoms with Gasteiger partial charge < -0.3 is 5.11 Å². The lowest BCUT2D eigenvalue weighted by Crippen LogP contribution is -2.37. The van der Waals surface area contributed by atoms with Gasteiger partial charge in [-0.25, -0.2) is 0 Å². The molecule has 0 radical (unpaired) electrons. The summed E-state index contributed by atoms with van der Waals surface area (Å²) in [5, 5.41) is 9.28. The predicted molar refractivity (Wildman–Crippen MR) is 106 cm³/mol. The van der Waals surface area contributed by atoms with Crippen molar-refractivity contribution in [2.75, 3.05) is 6.54 Å². The molecule has 2 atom stereocenters. The predicted octanol–water partition coefficient (Wildman–Crippen LogP) is 6.81. The number of rotatable bonds is 5. The topological polar surface area (TPSA) is 40.5 Å². The Labute approximate surface area is 185 Å². The van der Waals surface area contributed by atoms with Crippen molar-refractivity contribution in [1.29, 1.82) is 0 Å². The molecule has 0 aromatic heterocycles. The third-order valence-corrected chi connectivity index (χ3v) is 6.02. The third kappa shape index (κ3) is 5.95. The Hall–Kier alpha value is -2.26. The first-order valence-corrected chi connectivity index (χ1v) is 10.2. The van der Waals surface area contributed by atoms with Gasteiger partial charge >= 0.3 is 18.3 Å². The number of carboxylic acid groups (broad SMARTS) is 1. The van der Waals surface area contributed by atoms with Gasteiger partial charge in [-0.1, -0.05) is 23.7 Å². The highest BCUT2D eigenvalue weighted by Gasteiger charge is 2.35. The van der Waals surface area contributed by atoms with Crippen molar-refractivity contribution in [3.05, 3.63) is 69.7 Å². The number of hydrogen-bond acceptors (Lipinski definition) is 2. The molecule has 174 valence electrons. The van der Waals surface area contributed by atoms with Crippen LogP contribution in [0.25, 0.3) is 0 Å². The molecule has 2 aromatic carbocycles. The molecule has 2 aromatic rings. The lowest BCUT2D eigenvalue weighted by atomic mass is 9.84. The van der Waals surface area contributed by atoms with Crippen LogP contribution in [0.4, 0.5) is 26.3 Å². The highest BCUT2D eigenvalue weighted by molar-refractivity contribution is 6.31. The van der Waals surface area contributed by atoms with Crippen molar-refractivity contribution in [2.45, 2.75) is 44.2 Å². The second kappa shape index (κ2) is 9.31. The first-order valence-electron chi connectivity index (χ1n) is 9.83. The van der Waals surface area contributed by atoms with Crippen molar-refractivity contribution < 1.29 is 36.2 Å². The van der Waals surface area contributed by atoms with E-state index in [1.807, 2.05) is 4.90 Å². The molecule has 0 bridgehead atoms. The van der Waals surface area contributed by atoms with Gasteiger partial charge in [0.25, 0.3) is 0 Å². The normalized spacial score (nSPS) is 20.3. The summed E-state index contributed by atoms with van der Waals surface area (Å²) in [5.74, 6) is -1.18. The Bertz CT molecular complexity index is 958.